The van der Waals surface area contributed by atoms with E-state index in [1.54, 1.807) is 0 Å². The van der Waals surface area contributed by atoms with Gasteiger partial charge in [0.1, 0.15) is 5.82 Å². The molecule has 0 fully saturated rings. The summed E-state index contributed by atoms with van der Waals surface area (Å²) >= 11 is 0. The first-order chi connectivity index (χ1) is 12.6. The SMILES string of the molecule is CC(C)COC(=O)n1c(Cc2noc3ccccc23)nc2ccccc21. The van der Waals surface area contributed by atoms with E-state index in [9.17, 15) is 4.79 Å². The molecule has 2 aromatic carbocycles. The highest BCUT2D eigenvalue weighted by Crippen LogP contribution is 2.23. The molecule has 26 heavy (non-hydrogen) atoms. The highest BCUT2D eigenvalue weighted by atomic mass is 16.5. The zero-order valence-corrected chi connectivity index (χ0v) is 14.7. The van der Waals surface area contributed by atoms with Gasteiger partial charge in [0, 0.05) is 5.39 Å². The lowest BCUT2D eigenvalue weighted by Gasteiger charge is -2.10. The number of rotatable bonds is 4. The first-order valence-corrected chi connectivity index (χ1v) is 8.60. The van der Waals surface area contributed by atoms with Crippen LogP contribution in [-0.4, -0.2) is 27.4 Å². The average molecular weight is 349 g/mol. The van der Waals surface area contributed by atoms with Crippen molar-refractivity contribution in [1.29, 1.82) is 0 Å². The number of hydrogen-bond donors (Lipinski definition) is 0. The van der Waals surface area contributed by atoms with Crippen LogP contribution in [0.1, 0.15) is 25.4 Å². The van der Waals surface area contributed by atoms with Crippen LogP contribution in [0.4, 0.5) is 4.79 Å². The molecule has 132 valence electrons. The van der Waals surface area contributed by atoms with E-state index in [2.05, 4.69) is 10.1 Å². The summed E-state index contributed by atoms with van der Waals surface area (Å²) in [5.74, 6) is 0.843. The highest BCUT2D eigenvalue weighted by Gasteiger charge is 2.20. The Labute approximate surface area is 150 Å². The zero-order valence-electron chi connectivity index (χ0n) is 14.7. The Balaban J connectivity index is 1.76. The second-order valence-corrected chi connectivity index (χ2v) is 6.63. The van der Waals surface area contributed by atoms with Crippen LogP contribution in [0.15, 0.2) is 53.1 Å². The van der Waals surface area contributed by atoms with E-state index in [1.165, 1.54) is 4.57 Å². The number of aromatic nitrogens is 3. The van der Waals surface area contributed by atoms with Crippen molar-refractivity contribution >= 4 is 28.1 Å². The quantitative estimate of drug-likeness (QED) is 0.546. The van der Waals surface area contributed by atoms with E-state index in [1.807, 2.05) is 62.4 Å². The first kappa shape index (κ1) is 16.3. The summed E-state index contributed by atoms with van der Waals surface area (Å²) in [6, 6.07) is 15.2. The van der Waals surface area contributed by atoms with Crippen LogP contribution in [0.25, 0.3) is 22.0 Å². The van der Waals surface area contributed by atoms with E-state index in [-0.39, 0.29) is 5.92 Å². The van der Waals surface area contributed by atoms with Gasteiger partial charge in [-0.05, 0) is 30.2 Å². The molecule has 0 bridgehead atoms. The molecule has 6 nitrogen and oxygen atoms in total. The number of hydrogen-bond acceptors (Lipinski definition) is 5. The topological polar surface area (TPSA) is 70.2 Å². The summed E-state index contributed by atoms with van der Waals surface area (Å²) in [4.78, 5) is 17.3. The Kier molecular flexibility index (Phi) is 4.16. The Morgan fingerprint density at radius 1 is 1.15 bits per heavy atom. The Morgan fingerprint density at radius 3 is 2.77 bits per heavy atom. The van der Waals surface area contributed by atoms with Crippen molar-refractivity contribution in [2.24, 2.45) is 5.92 Å². The third-order valence-corrected chi connectivity index (χ3v) is 4.13. The molecule has 4 rings (SSSR count). The number of benzene rings is 2. The summed E-state index contributed by atoms with van der Waals surface area (Å²) in [7, 11) is 0. The minimum atomic E-state index is -0.421. The fourth-order valence-corrected chi connectivity index (χ4v) is 2.92. The number of nitrogens with zero attached hydrogens (tertiary/aromatic N) is 3. The number of imidazole rings is 1. The molecule has 6 heteroatoms. The van der Waals surface area contributed by atoms with Gasteiger partial charge in [0.05, 0.1) is 29.8 Å². The van der Waals surface area contributed by atoms with E-state index >= 15 is 0 Å². The number of carbonyl (C=O) groups is 1. The standard InChI is InChI=1S/C20H19N3O3/c1-13(2)12-25-20(24)23-17-9-5-4-8-15(17)21-19(23)11-16-14-7-3-6-10-18(14)26-22-16/h3-10,13H,11-12H2,1-2H3. The summed E-state index contributed by atoms with van der Waals surface area (Å²) in [6.45, 7) is 4.36. The lowest BCUT2D eigenvalue weighted by Crippen LogP contribution is -2.19. The second kappa shape index (κ2) is 6.63. The van der Waals surface area contributed by atoms with Gasteiger partial charge in [-0.15, -0.1) is 0 Å². The molecule has 0 aliphatic carbocycles. The predicted octanol–water partition coefficient (Wildman–Crippen LogP) is 4.41. The third-order valence-electron chi connectivity index (χ3n) is 4.13. The smallest absolute Gasteiger partial charge is 0.420 e. The number of ether oxygens (including phenoxy) is 1. The van der Waals surface area contributed by atoms with Gasteiger partial charge in [0.2, 0.25) is 0 Å². The Morgan fingerprint density at radius 2 is 1.92 bits per heavy atom. The van der Waals surface area contributed by atoms with Crippen molar-refractivity contribution in [2.45, 2.75) is 20.3 Å². The molecular formula is C20H19N3O3. The number of fused-ring (bicyclic) bond motifs is 2. The number of para-hydroxylation sites is 3. The fourth-order valence-electron chi connectivity index (χ4n) is 2.92. The minimum Gasteiger partial charge on any atom is -0.449 e. The molecule has 0 N–H and O–H groups in total. The van der Waals surface area contributed by atoms with Gasteiger partial charge >= 0.3 is 6.09 Å². The first-order valence-electron chi connectivity index (χ1n) is 8.60. The van der Waals surface area contributed by atoms with Gasteiger partial charge in [-0.3, -0.25) is 0 Å². The molecule has 0 saturated carbocycles. The van der Waals surface area contributed by atoms with Gasteiger partial charge < -0.3 is 9.26 Å². The molecule has 4 aromatic rings. The average Bonchev–Trinajstić information content (AvgIpc) is 3.21. The molecular weight excluding hydrogens is 330 g/mol. The van der Waals surface area contributed by atoms with Crippen LogP contribution < -0.4 is 0 Å². The maximum absolute atomic E-state index is 12.7. The maximum atomic E-state index is 12.7. The summed E-state index contributed by atoms with van der Waals surface area (Å²) < 4.78 is 12.3. The molecule has 0 amide bonds. The largest absolute Gasteiger partial charge is 0.449 e. The van der Waals surface area contributed by atoms with Crippen molar-refractivity contribution in [3.05, 3.63) is 60.0 Å². The van der Waals surface area contributed by atoms with Crippen LogP contribution in [0.2, 0.25) is 0 Å². The summed E-state index contributed by atoms with van der Waals surface area (Å²) in [5, 5.41) is 5.07. The van der Waals surface area contributed by atoms with Crippen LogP contribution in [-0.2, 0) is 11.2 Å². The second-order valence-electron chi connectivity index (χ2n) is 6.63. The Hall–Kier alpha value is -3.15. The van der Waals surface area contributed by atoms with Crippen LogP contribution >= 0.6 is 0 Å². The van der Waals surface area contributed by atoms with Crippen molar-refractivity contribution in [3.8, 4) is 0 Å². The van der Waals surface area contributed by atoms with Gasteiger partial charge in [0.15, 0.2) is 5.58 Å². The normalized spacial score (nSPS) is 11.5. The molecule has 0 spiro atoms. The highest BCUT2D eigenvalue weighted by molar-refractivity contribution is 5.88. The molecule has 0 aliphatic rings. The van der Waals surface area contributed by atoms with Crippen molar-refractivity contribution < 1.29 is 14.1 Å². The lowest BCUT2D eigenvalue weighted by molar-refractivity contribution is 0.135. The zero-order chi connectivity index (χ0) is 18.1. The lowest BCUT2D eigenvalue weighted by atomic mass is 10.1. The van der Waals surface area contributed by atoms with Crippen LogP contribution in [0, 0.1) is 5.92 Å². The maximum Gasteiger partial charge on any atom is 0.420 e. The molecule has 0 radical (unpaired) electrons. The van der Waals surface area contributed by atoms with Crippen molar-refractivity contribution in [3.63, 3.8) is 0 Å². The van der Waals surface area contributed by atoms with Gasteiger partial charge in [-0.2, -0.15) is 0 Å². The Bertz CT molecular complexity index is 1080. The minimum absolute atomic E-state index is 0.261. The molecule has 0 aliphatic heterocycles. The van der Waals surface area contributed by atoms with E-state index in [4.69, 9.17) is 9.26 Å². The van der Waals surface area contributed by atoms with Gasteiger partial charge in [-0.25, -0.2) is 14.3 Å². The summed E-state index contributed by atoms with van der Waals surface area (Å²) in [5.41, 5.74) is 2.93. The third kappa shape index (κ3) is 2.94. The predicted molar refractivity (Wildman–Crippen MR) is 98.1 cm³/mol. The fraction of sp³-hybridized carbons (Fsp3) is 0.250. The van der Waals surface area contributed by atoms with Gasteiger partial charge in [-0.1, -0.05) is 43.3 Å². The van der Waals surface area contributed by atoms with E-state index < -0.39 is 6.09 Å². The van der Waals surface area contributed by atoms with E-state index in [0.717, 1.165) is 22.1 Å². The molecule has 0 atom stereocenters. The molecule has 2 heterocycles. The molecule has 0 saturated heterocycles. The van der Waals surface area contributed by atoms with Crippen molar-refractivity contribution in [2.75, 3.05) is 6.61 Å². The number of carbonyl (C=O) groups excluding carboxylic acids is 1. The molecule has 2 aromatic heterocycles. The van der Waals surface area contributed by atoms with Crippen LogP contribution in [0.3, 0.4) is 0 Å². The van der Waals surface area contributed by atoms with Crippen molar-refractivity contribution in [1.82, 2.24) is 14.7 Å². The monoisotopic (exact) mass is 349 g/mol. The molecule has 0 unspecified atom stereocenters. The summed E-state index contributed by atoms with van der Waals surface area (Å²) in [6.07, 6.45) is -0.0437. The van der Waals surface area contributed by atoms with E-state index in [0.29, 0.717) is 24.4 Å². The van der Waals surface area contributed by atoms with Gasteiger partial charge in [0.25, 0.3) is 0 Å². The van der Waals surface area contributed by atoms with Crippen LogP contribution in [0.5, 0.6) is 0 Å².